The molecular weight excluding hydrogens is 334 g/mol. The third-order valence-corrected chi connectivity index (χ3v) is 4.55. The second-order valence-electron chi connectivity index (χ2n) is 5.62. The number of nitrogens with zero attached hydrogens (tertiary/aromatic N) is 1. The predicted octanol–water partition coefficient (Wildman–Crippen LogP) is 1.63. The molecule has 0 aliphatic heterocycles. The van der Waals surface area contributed by atoms with Gasteiger partial charge in [-0.25, -0.2) is 0 Å². The minimum absolute atomic E-state index is 0.0145. The molecule has 116 valence electrons. The standard InChI is InChI=1S/C15H22BrN3O2/c16-12-6-7-15(21)19(9-12)10-14(20)18-13(8-17)11-4-2-1-3-5-11/h6-7,9,11,13H,1-5,8,10,17H2,(H,18,20). The normalized spacial score (nSPS) is 17.4. The van der Waals surface area contributed by atoms with Crippen LogP contribution in [0.2, 0.25) is 0 Å². The third-order valence-electron chi connectivity index (χ3n) is 4.08. The van der Waals surface area contributed by atoms with Gasteiger partial charge >= 0.3 is 0 Å². The number of aromatic nitrogens is 1. The van der Waals surface area contributed by atoms with Gasteiger partial charge in [0.2, 0.25) is 5.91 Å². The molecule has 0 bridgehead atoms. The van der Waals surface area contributed by atoms with E-state index in [0.717, 1.165) is 17.3 Å². The number of carbonyl (C=O) groups is 1. The fraction of sp³-hybridized carbons (Fsp3) is 0.600. The van der Waals surface area contributed by atoms with Crippen LogP contribution in [0.5, 0.6) is 0 Å². The first-order valence-electron chi connectivity index (χ1n) is 7.45. The number of halogens is 1. The molecule has 1 saturated carbocycles. The van der Waals surface area contributed by atoms with E-state index in [1.807, 2.05) is 0 Å². The van der Waals surface area contributed by atoms with Crippen molar-refractivity contribution in [2.45, 2.75) is 44.7 Å². The number of nitrogens with two attached hydrogens (primary N) is 1. The quantitative estimate of drug-likeness (QED) is 0.842. The second-order valence-corrected chi connectivity index (χ2v) is 6.54. The number of hydrogen-bond acceptors (Lipinski definition) is 3. The molecule has 0 saturated heterocycles. The highest BCUT2D eigenvalue weighted by Gasteiger charge is 2.24. The lowest BCUT2D eigenvalue weighted by molar-refractivity contribution is -0.122. The third kappa shape index (κ3) is 4.68. The van der Waals surface area contributed by atoms with Gasteiger partial charge in [-0.05, 0) is 40.8 Å². The molecule has 1 aromatic rings. The Morgan fingerprint density at radius 3 is 2.76 bits per heavy atom. The number of nitrogens with one attached hydrogen (secondary N) is 1. The van der Waals surface area contributed by atoms with Crippen molar-refractivity contribution in [2.24, 2.45) is 11.7 Å². The Morgan fingerprint density at radius 1 is 1.38 bits per heavy atom. The van der Waals surface area contributed by atoms with Gasteiger partial charge in [-0.3, -0.25) is 9.59 Å². The minimum atomic E-state index is -0.185. The van der Waals surface area contributed by atoms with Crippen LogP contribution >= 0.6 is 15.9 Å². The molecule has 1 aliphatic carbocycles. The second kappa shape index (κ2) is 7.75. The van der Waals surface area contributed by atoms with Gasteiger partial charge in [0.15, 0.2) is 0 Å². The molecule has 1 aliphatic rings. The first kappa shape index (κ1) is 16.2. The van der Waals surface area contributed by atoms with Crippen LogP contribution in [0.3, 0.4) is 0 Å². The molecule has 0 spiro atoms. The molecule has 0 aromatic carbocycles. The summed E-state index contributed by atoms with van der Waals surface area (Å²) in [5, 5.41) is 2.99. The highest BCUT2D eigenvalue weighted by atomic mass is 79.9. The average molecular weight is 356 g/mol. The van der Waals surface area contributed by atoms with E-state index in [1.165, 1.54) is 29.9 Å². The summed E-state index contributed by atoms with van der Waals surface area (Å²) in [4.78, 5) is 23.8. The monoisotopic (exact) mass is 355 g/mol. The molecule has 1 unspecified atom stereocenters. The van der Waals surface area contributed by atoms with Gasteiger partial charge in [0.05, 0.1) is 0 Å². The Balaban J connectivity index is 1.96. The molecular formula is C15H22BrN3O2. The smallest absolute Gasteiger partial charge is 0.251 e. The van der Waals surface area contributed by atoms with E-state index in [4.69, 9.17) is 5.73 Å². The van der Waals surface area contributed by atoms with Crippen LogP contribution in [0, 0.1) is 5.92 Å². The van der Waals surface area contributed by atoms with Gasteiger partial charge in [-0.2, -0.15) is 0 Å². The maximum Gasteiger partial charge on any atom is 0.251 e. The molecule has 3 N–H and O–H groups in total. The molecule has 1 atom stereocenters. The molecule has 6 heteroatoms. The average Bonchev–Trinajstić information content (AvgIpc) is 2.49. The van der Waals surface area contributed by atoms with E-state index < -0.39 is 0 Å². The first-order valence-corrected chi connectivity index (χ1v) is 8.25. The Bertz CT molecular complexity index is 538. The van der Waals surface area contributed by atoms with Crippen LogP contribution in [0.15, 0.2) is 27.6 Å². The molecule has 1 amide bonds. The molecule has 21 heavy (non-hydrogen) atoms. The van der Waals surface area contributed by atoms with Crippen molar-refractivity contribution in [1.29, 1.82) is 0 Å². The van der Waals surface area contributed by atoms with E-state index in [1.54, 1.807) is 12.3 Å². The van der Waals surface area contributed by atoms with E-state index in [-0.39, 0.29) is 24.1 Å². The molecule has 0 radical (unpaired) electrons. The van der Waals surface area contributed by atoms with Crippen LogP contribution in [0.25, 0.3) is 0 Å². The first-order chi connectivity index (χ1) is 10.1. The van der Waals surface area contributed by atoms with E-state index in [2.05, 4.69) is 21.2 Å². The van der Waals surface area contributed by atoms with E-state index >= 15 is 0 Å². The number of amides is 1. The molecule has 2 rings (SSSR count). The van der Waals surface area contributed by atoms with Crippen molar-refractivity contribution >= 4 is 21.8 Å². The van der Waals surface area contributed by atoms with Crippen LogP contribution in [-0.2, 0) is 11.3 Å². The lowest BCUT2D eigenvalue weighted by Crippen LogP contribution is -2.47. The van der Waals surface area contributed by atoms with Crippen LogP contribution in [0.1, 0.15) is 32.1 Å². The summed E-state index contributed by atoms with van der Waals surface area (Å²) in [7, 11) is 0. The summed E-state index contributed by atoms with van der Waals surface area (Å²) in [5.41, 5.74) is 5.62. The van der Waals surface area contributed by atoms with E-state index in [0.29, 0.717) is 12.5 Å². The SMILES string of the molecule is NCC(NC(=O)Cn1cc(Br)ccc1=O)C1CCCCC1. The van der Waals surface area contributed by atoms with E-state index in [9.17, 15) is 9.59 Å². The summed E-state index contributed by atoms with van der Waals surface area (Å²) in [6.45, 7) is 0.477. The Labute approximate surface area is 133 Å². The highest BCUT2D eigenvalue weighted by Crippen LogP contribution is 2.26. The summed E-state index contributed by atoms with van der Waals surface area (Å²) < 4.78 is 2.17. The van der Waals surface area contributed by atoms with Gasteiger partial charge in [0.25, 0.3) is 5.56 Å². The predicted molar refractivity (Wildman–Crippen MR) is 86.0 cm³/mol. The van der Waals surface area contributed by atoms with Gasteiger partial charge in [0, 0.05) is 29.3 Å². The van der Waals surface area contributed by atoms with Crippen LogP contribution in [-0.4, -0.2) is 23.1 Å². The summed E-state index contributed by atoms with van der Waals surface area (Å²) >= 11 is 3.30. The zero-order valence-corrected chi connectivity index (χ0v) is 13.6. The Hall–Kier alpha value is -1.14. The van der Waals surface area contributed by atoms with Crippen molar-refractivity contribution < 1.29 is 4.79 Å². The van der Waals surface area contributed by atoms with Crippen molar-refractivity contribution in [1.82, 2.24) is 9.88 Å². The fourth-order valence-electron chi connectivity index (χ4n) is 2.94. The molecule has 5 nitrogen and oxygen atoms in total. The van der Waals surface area contributed by atoms with Crippen LogP contribution in [0.4, 0.5) is 0 Å². The van der Waals surface area contributed by atoms with Crippen LogP contribution < -0.4 is 16.6 Å². The molecule has 1 fully saturated rings. The zero-order chi connectivity index (χ0) is 15.2. The van der Waals surface area contributed by atoms with Gasteiger partial charge in [-0.1, -0.05) is 19.3 Å². The lowest BCUT2D eigenvalue weighted by Gasteiger charge is -2.30. The van der Waals surface area contributed by atoms with Gasteiger partial charge < -0.3 is 15.6 Å². The maximum atomic E-state index is 12.1. The number of pyridine rings is 1. The Morgan fingerprint density at radius 2 is 2.10 bits per heavy atom. The van der Waals surface area contributed by atoms with Gasteiger partial charge in [-0.15, -0.1) is 0 Å². The fourth-order valence-corrected chi connectivity index (χ4v) is 3.32. The number of hydrogen-bond donors (Lipinski definition) is 2. The minimum Gasteiger partial charge on any atom is -0.350 e. The highest BCUT2D eigenvalue weighted by molar-refractivity contribution is 9.10. The summed E-state index contributed by atoms with van der Waals surface area (Å²) in [6.07, 6.45) is 7.57. The molecule has 1 heterocycles. The van der Waals surface area contributed by atoms with Crippen molar-refractivity contribution in [3.8, 4) is 0 Å². The van der Waals surface area contributed by atoms with Crippen molar-refractivity contribution in [3.05, 3.63) is 33.2 Å². The van der Waals surface area contributed by atoms with Crippen molar-refractivity contribution in [2.75, 3.05) is 6.54 Å². The number of carbonyl (C=O) groups excluding carboxylic acids is 1. The Kier molecular flexibility index (Phi) is 5.99. The number of rotatable bonds is 5. The zero-order valence-electron chi connectivity index (χ0n) is 12.1. The largest absolute Gasteiger partial charge is 0.350 e. The van der Waals surface area contributed by atoms with Crippen molar-refractivity contribution in [3.63, 3.8) is 0 Å². The summed E-state index contributed by atoms with van der Waals surface area (Å²) in [6, 6.07) is 3.13. The topological polar surface area (TPSA) is 77.1 Å². The van der Waals surface area contributed by atoms with Gasteiger partial charge in [0.1, 0.15) is 6.54 Å². The summed E-state index contributed by atoms with van der Waals surface area (Å²) in [5.74, 6) is 0.308. The lowest BCUT2D eigenvalue weighted by atomic mass is 9.84. The maximum absolute atomic E-state index is 12.1. The molecule has 1 aromatic heterocycles.